The van der Waals surface area contributed by atoms with Crippen molar-refractivity contribution in [1.29, 1.82) is 0 Å². The molecule has 0 aliphatic heterocycles. The Kier molecular flexibility index (Phi) is 7.63. The van der Waals surface area contributed by atoms with Gasteiger partial charge in [-0.3, -0.25) is 25.5 Å². The quantitative estimate of drug-likeness (QED) is 0.278. The van der Waals surface area contributed by atoms with Gasteiger partial charge in [-0.05, 0) is 46.5 Å². The number of amides is 1. The molecule has 0 atom stereocenters. The van der Waals surface area contributed by atoms with Crippen molar-refractivity contribution in [1.82, 2.24) is 5.32 Å². The molecule has 0 aromatic heterocycles. The Bertz CT molecular complexity index is 1190. The number of hydrogen-bond acceptors (Lipinski definition) is 6. The molecule has 0 aliphatic carbocycles. The van der Waals surface area contributed by atoms with Gasteiger partial charge in [0.2, 0.25) is 0 Å². The molecule has 3 rings (SSSR count). The predicted molar refractivity (Wildman–Crippen MR) is 123 cm³/mol. The summed E-state index contributed by atoms with van der Waals surface area (Å²) < 4.78 is 5.19. The van der Waals surface area contributed by atoms with Crippen molar-refractivity contribution < 1.29 is 19.4 Å². The topological polar surface area (TPSA) is 125 Å². The molecular formula is C24H19N3O6. The van der Waals surface area contributed by atoms with Crippen molar-refractivity contribution in [3.05, 3.63) is 128 Å². The molecule has 0 bridgehead atoms. The molecule has 166 valence electrons. The lowest BCUT2D eigenvalue weighted by atomic mass is 10.0. The molecule has 0 aliphatic rings. The van der Waals surface area contributed by atoms with Gasteiger partial charge in [0.1, 0.15) is 6.61 Å². The molecule has 3 aromatic rings. The second-order valence-electron chi connectivity index (χ2n) is 6.79. The second-order valence-corrected chi connectivity index (χ2v) is 6.79. The Balaban J connectivity index is 1.77. The van der Waals surface area contributed by atoms with Crippen LogP contribution in [0.5, 0.6) is 0 Å². The van der Waals surface area contributed by atoms with E-state index in [1.165, 1.54) is 30.5 Å². The van der Waals surface area contributed by atoms with Crippen LogP contribution in [-0.4, -0.2) is 15.9 Å². The summed E-state index contributed by atoms with van der Waals surface area (Å²) in [6, 6.07) is 21.0. The number of nitro groups is 2. The molecule has 0 heterocycles. The molecule has 0 spiro atoms. The van der Waals surface area contributed by atoms with E-state index in [-0.39, 0.29) is 18.0 Å². The summed E-state index contributed by atoms with van der Waals surface area (Å²) in [6.07, 6.45) is 4.14. The van der Waals surface area contributed by atoms with Gasteiger partial charge in [-0.15, -0.1) is 0 Å². The van der Waals surface area contributed by atoms with Crippen LogP contribution in [0.25, 0.3) is 11.6 Å². The van der Waals surface area contributed by atoms with Crippen molar-refractivity contribution in [2.24, 2.45) is 0 Å². The summed E-state index contributed by atoms with van der Waals surface area (Å²) in [7, 11) is 0. The highest BCUT2D eigenvalue weighted by molar-refractivity contribution is 5.81. The van der Waals surface area contributed by atoms with Crippen LogP contribution in [0, 0.1) is 20.2 Å². The molecule has 0 saturated carbocycles. The smallest absolute Gasteiger partial charge is 0.411 e. The summed E-state index contributed by atoms with van der Waals surface area (Å²) in [6.45, 7) is 0.103. The van der Waals surface area contributed by atoms with Crippen LogP contribution >= 0.6 is 0 Å². The van der Waals surface area contributed by atoms with Crippen molar-refractivity contribution >= 4 is 29.1 Å². The lowest BCUT2D eigenvalue weighted by Gasteiger charge is -2.07. The molecule has 3 aromatic carbocycles. The summed E-state index contributed by atoms with van der Waals surface area (Å²) >= 11 is 0. The molecule has 0 unspecified atom stereocenters. The summed E-state index contributed by atoms with van der Waals surface area (Å²) in [5.41, 5.74) is 2.60. The first kappa shape index (κ1) is 22.9. The SMILES string of the molecule is O=C(N/C=C(/C=C/c1ccc([N+](=O)[O-])cc1)c1ccc([N+](=O)[O-])cc1)OCc1ccccc1. The number of nitro benzene ring substituents is 2. The first-order valence-electron chi connectivity index (χ1n) is 9.77. The Morgan fingerprint density at radius 1 is 0.848 bits per heavy atom. The molecular weight excluding hydrogens is 426 g/mol. The predicted octanol–water partition coefficient (Wildman–Crippen LogP) is 5.48. The van der Waals surface area contributed by atoms with Gasteiger partial charge in [0.05, 0.1) is 9.85 Å². The Morgan fingerprint density at radius 3 is 2.00 bits per heavy atom. The third kappa shape index (κ3) is 6.86. The number of nitrogens with zero attached hydrogens (tertiary/aromatic N) is 2. The number of benzene rings is 3. The molecule has 9 nitrogen and oxygen atoms in total. The fraction of sp³-hybridized carbons (Fsp3) is 0.0417. The van der Waals surface area contributed by atoms with Crippen molar-refractivity contribution in [2.75, 3.05) is 0 Å². The zero-order chi connectivity index (χ0) is 23.6. The van der Waals surface area contributed by atoms with E-state index < -0.39 is 15.9 Å². The zero-order valence-electron chi connectivity index (χ0n) is 17.3. The fourth-order valence-corrected chi connectivity index (χ4v) is 2.80. The number of alkyl carbamates (subject to hydrolysis) is 1. The maximum atomic E-state index is 12.1. The minimum absolute atomic E-state index is 0.0267. The first-order valence-corrected chi connectivity index (χ1v) is 9.77. The zero-order valence-corrected chi connectivity index (χ0v) is 17.3. The normalized spacial score (nSPS) is 11.2. The third-order valence-electron chi connectivity index (χ3n) is 4.53. The van der Waals surface area contributed by atoms with E-state index >= 15 is 0 Å². The number of rotatable bonds is 8. The van der Waals surface area contributed by atoms with Crippen molar-refractivity contribution in [2.45, 2.75) is 6.61 Å². The number of carbonyl (C=O) groups excluding carboxylic acids is 1. The largest absolute Gasteiger partial charge is 0.444 e. The molecule has 0 radical (unpaired) electrons. The van der Waals surface area contributed by atoms with Gasteiger partial charge in [0.25, 0.3) is 11.4 Å². The highest BCUT2D eigenvalue weighted by Crippen LogP contribution is 2.21. The fourth-order valence-electron chi connectivity index (χ4n) is 2.80. The van der Waals surface area contributed by atoms with Crippen LogP contribution in [0.2, 0.25) is 0 Å². The molecule has 0 fully saturated rings. The van der Waals surface area contributed by atoms with E-state index in [1.807, 2.05) is 30.3 Å². The highest BCUT2D eigenvalue weighted by atomic mass is 16.6. The average Bonchev–Trinajstić information content (AvgIpc) is 2.83. The molecule has 33 heavy (non-hydrogen) atoms. The van der Waals surface area contributed by atoms with E-state index in [0.29, 0.717) is 16.7 Å². The number of hydrogen-bond donors (Lipinski definition) is 1. The number of nitrogens with one attached hydrogen (secondary N) is 1. The van der Waals surface area contributed by atoms with Crippen LogP contribution < -0.4 is 5.32 Å². The maximum absolute atomic E-state index is 12.1. The standard InChI is InChI=1S/C24H19N3O6/c28-24(33-17-19-4-2-1-3-5-19)25-16-21(20-10-14-23(15-11-20)27(31)32)9-6-18-7-12-22(13-8-18)26(29)30/h1-16H,17H2,(H,25,28)/b9-6+,21-16-. The molecule has 0 saturated heterocycles. The minimum atomic E-state index is -0.665. The minimum Gasteiger partial charge on any atom is -0.444 e. The van der Waals surface area contributed by atoms with Crippen LogP contribution in [0.15, 0.2) is 91.1 Å². The van der Waals surface area contributed by atoms with Gasteiger partial charge in [0.15, 0.2) is 0 Å². The van der Waals surface area contributed by atoms with Gasteiger partial charge in [-0.25, -0.2) is 4.79 Å². The number of allylic oxidation sites excluding steroid dienone is 2. The number of carbonyl (C=O) groups is 1. The molecule has 1 N–H and O–H groups in total. The van der Waals surface area contributed by atoms with Crippen molar-refractivity contribution in [3.8, 4) is 0 Å². The van der Waals surface area contributed by atoms with Crippen LogP contribution in [0.4, 0.5) is 16.2 Å². The van der Waals surface area contributed by atoms with Crippen LogP contribution in [-0.2, 0) is 11.3 Å². The summed E-state index contributed by atoms with van der Waals surface area (Å²) in [5, 5.41) is 24.3. The second kappa shape index (κ2) is 11.0. The van der Waals surface area contributed by atoms with Gasteiger partial charge >= 0.3 is 6.09 Å². The van der Waals surface area contributed by atoms with E-state index in [9.17, 15) is 25.0 Å². The van der Waals surface area contributed by atoms with E-state index in [0.717, 1.165) is 5.56 Å². The monoisotopic (exact) mass is 445 g/mol. The lowest BCUT2D eigenvalue weighted by Crippen LogP contribution is -2.18. The summed E-state index contributed by atoms with van der Waals surface area (Å²) in [5.74, 6) is 0. The van der Waals surface area contributed by atoms with Gasteiger partial charge < -0.3 is 4.74 Å². The van der Waals surface area contributed by atoms with Gasteiger partial charge in [-0.1, -0.05) is 42.5 Å². The maximum Gasteiger partial charge on any atom is 0.411 e. The van der Waals surface area contributed by atoms with Crippen molar-refractivity contribution in [3.63, 3.8) is 0 Å². The van der Waals surface area contributed by atoms with E-state index in [4.69, 9.17) is 4.74 Å². The van der Waals surface area contributed by atoms with Crippen LogP contribution in [0.1, 0.15) is 16.7 Å². The van der Waals surface area contributed by atoms with E-state index in [1.54, 1.807) is 36.4 Å². The Hall–Kier alpha value is -4.79. The average molecular weight is 445 g/mol. The van der Waals surface area contributed by atoms with E-state index in [2.05, 4.69) is 5.32 Å². The first-order chi connectivity index (χ1) is 15.9. The lowest BCUT2D eigenvalue weighted by molar-refractivity contribution is -0.385. The molecule has 1 amide bonds. The Labute approximate surface area is 188 Å². The number of ether oxygens (including phenoxy) is 1. The van der Waals surface area contributed by atoms with Gasteiger partial charge in [-0.2, -0.15) is 0 Å². The highest BCUT2D eigenvalue weighted by Gasteiger charge is 2.08. The third-order valence-corrected chi connectivity index (χ3v) is 4.53. The molecule has 9 heteroatoms. The van der Waals surface area contributed by atoms with Gasteiger partial charge in [0, 0.05) is 30.5 Å². The summed E-state index contributed by atoms with van der Waals surface area (Å²) in [4.78, 5) is 32.9. The number of non-ortho nitro benzene ring substituents is 2. The van der Waals surface area contributed by atoms with Crippen LogP contribution in [0.3, 0.4) is 0 Å². The Morgan fingerprint density at radius 2 is 1.42 bits per heavy atom.